The largest absolute Gasteiger partial charge is 0.417 e. The van der Waals surface area contributed by atoms with Crippen LogP contribution in [0.1, 0.15) is 24.0 Å². The topological polar surface area (TPSA) is 0 Å². The Morgan fingerprint density at radius 2 is 1.67 bits per heavy atom. The molecule has 2 atom stereocenters. The predicted molar refractivity (Wildman–Crippen MR) is 67.8 cm³/mol. The maximum Gasteiger partial charge on any atom is 0.417 e. The number of hydrogen-bond acceptors (Lipinski definition) is 0. The second kappa shape index (κ2) is 4.34. The Morgan fingerprint density at radius 1 is 1.17 bits per heavy atom. The molecule has 1 aromatic carbocycles. The summed E-state index contributed by atoms with van der Waals surface area (Å²) >= 11 is 23.2. The van der Waals surface area contributed by atoms with Crippen LogP contribution in [-0.4, -0.2) is 4.33 Å². The van der Waals surface area contributed by atoms with E-state index in [9.17, 15) is 13.2 Å². The van der Waals surface area contributed by atoms with Crippen LogP contribution in [0.15, 0.2) is 12.1 Å². The molecule has 0 nitrogen and oxygen atoms in total. The van der Waals surface area contributed by atoms with Gasteiger partial charge in [0.1, 0.15) is 4.33 Å². The minimum atomic E-state index is -4.56. The van der Waals surface area contributed by atoms with E-state index in [-0.39, 0.29) is 16.9 Å². The van der Waals surface area contributed by atoms with E-state index in [0.29, 0.717) is 5.56 Å². The minimum absolute atomic E-state index is 0.126. The molecule has 0 aliphatic heterocycles. The minimum Gasteiger partial charge on any atom is -0.166 e. The summed E-state index contributed by atoms with van der Waals surface area (Å²) in [7, 11) is 0. The van der Waals surface area contributed by atoms with Gasteiger partial charge in [0.2, 0.25) is 0 Å². The van der Waals surface area contributed by atoms with Crippen LogP contribution in [0, 0.1) is 5.92 Å². The molecule has 0 N–H and O–H groups in total. The lowest BCUT2D eigenvalue weighted by Gasteiger charge is -2.12. The molecule has 0 amide bonds. The molecule has 0 radical (unpaired) electrons. The lowest BCUT2D eigenvalue weighted by Crippen LogP contribution is -2.07. The third-order valence-electron chi connectivity index (χ3n) is 3.13. The molecule has 1 saturated carbocycles. The first-order valence-corrected chi connectivity index (χ1v) is 6.52. The van der Waals surface area contributed by atoms with Crippen molar-refractivity contribution in [2.45, 2.75) is 23.4 Å². The Morgan fingerprint density at radius 3 is 2.06 bits per heavy atom. The molecule has 0 spiro atoms. The summed E-state index contributed by atoms with van der Waals surface area (Å²) in [6.45, 7) is 1.76. The van der Waals surface area contributed by atoms with Crippen LogP contribution in [0.3, 0.4) is 0 Å². The van der Waals surface area contributed by atoms with Gasteiger partial charge in [0.05, 0.1) is 15.6 Å². The molecule has 0 aromatic heterocycles. The Balaban J connectivity index is 2.50. The molecular weight excluding hydrogens is 331 g/mol. The standard InChI is InChI=1S/C11H7Cl4F3/c1-4-8(10(4,14)15)5-2-6(11(16,17)18)9(13)7(12)3-5/h2-4,8H,1H3. The second-order valence-electron chi connectivity index (χ2n) is 4.30. The Kier molecular flexibility index (Phi) is 3.51. The highest BCUT2D eigenvalue weighted by Crippen LogP contribution is 2.65. The second-order valence-corrected chi connectivity index (χ2v) is 6.53. The number of rotatable bonds is 1. The number of hydrogen-bond donors (Lipinski definition) is 0. The monoisotopic (exact) mass is 336 g/mol. The maximum absolute atomic E-state index is 12.8. The van der Waals surface area contributed by atoms with Crippen molar-refractivity contribution >= 4 is 46.4 Å². The van der Waals surface area contributed by atoms with Crippen LogP contribution in [-0.2, 0) is 6.18 Å². The highest BCUT2D eigenvalue weighted by Gasteiger charge is 2.61. The van der Waals surface area contributed by atoms with Crippen molar-refractivity contribution in [3.05, 3.63) is 33.3 Å². The highest BCUT2D eigenvalue weighted by atomic mass is 35.5. The van der Waals surface area contributed by atoms with Gasteiger partial charge >= 0.3 is 6.18 Å². The molecule has 18 heavy (non-hydrogen) atoms. The smallest absolute Gasteiger partial charge is 0.166 e. The van der Waals surface area contributed by atoms with Gasteiger partial charge in [0.15, 0.2) is 0 Å². The summed E-state index contributed by atoms with van der Waals surface area (Å²) in [5, 5.41) is -0.652. The predicted octanol–water partition coefficient (Wildman–Crippen LogP) is 5.92. The van der Waals surface area contributed by atoms with Crippen LogP contribution in [0.2, 0.25) is 10.0 Å². The number of alkyl halides is 5. The van der Waals surface area contributed by atoms with E-state index in [2.05, 4.69) is 0 Å². The van der Waals surface area contributed by atoms with Gasteiger partial charge in [-0.3, -0.25) is 0 Å². The fourth-order valence-corrected chi connectivity index (χ4v) is 3.19. The zero-order chi connectivity index (χ0) is 13.9. The summed E-state index contributed by atoms with van der Waals surface area (Å²) in [4.78, 5) is 0. The van der Waals surface area contributed by atoms with E-state index in [1.807, 2.05) is 0 Å². The molecule has 2 rings (SSSR count). The van der Waals surface area contributed by atoms with E-state index in [1.54, 1.807) is 6.92 Å². The molecule has 0 bridgehead atoms. The average molecular weight is 338 g/mol. The lowest BCUT2D eigenvalue weighted by molar-refractivity contribution is -0.137. The third-order valence-corrected chi connectivity index (χ3v) is 5.09. The van der Waals surface area contributed by atoms with E-state index >= 15 is 0 Å². The van der Waals surface area contributed by atoms with Crippen molar-refractivity contribution in [3.63, 3.8) is 0 Å². The van der Waals surface area contributed by atoms with Crippen molar-refractivity contribution in [2.24, 2.45) is 5.92 Å². The van der Waals surface area contributed by atoms with Crippen LogP contribution in [0.5, 0.6) is 0 Å². The summed E-state index contributed by atoms with van der Waals surface area (Å²) in [5.74, 6) is -0.490. The summed E-state index contributed by atoms with van der Waals surface area (Å²) in [6, 6.07) is 2.34. The fourth-order valence-electron chi connectivity index (χ4n) is 1.99. The normalized spacial score (nSPS) is 26.2. The Bertz CT molecular complexity index is 496. The molecular formula is C11H7Cl4F3. The third kappa shape index (κ3) is 2.31. The van der Waals surface area contributed by atoms with Crippen molar-refractivity contribution in [1.82, 2.24) is 0 Å². The first-order chi connectivity index (χ1) is 8.06. The zero-order valence-corrected chi connectivity index (χ0v) is 12.0. The molecule has 0 saturated heterocycles. The average Bonchev–Trinajstić information content (AvgIpc) is 2.69. The molecule has 1 fully saturated rings. The highest BCUT2D eigenvalue weighted by molar-refractivity contribution is 6.52. The summed E-state index contributed by atoms with van der Waals surface area (Å²) < 4.78 is 37.3. The van der Waals surface area contributed by atoms with Gasteiger partial charge in [-0.2, -0.15) is 13.2 Å². The van der Waals surface area contributed by atoms with E-state index in [0.717, 1.165) is 6.07 Å². The zero-order valence-electron chi connectivity index (χ0n) is 8.96. The quantitative estimate of drug-likeness (QED) is 0.558. The Labute approximate surface area is 122 Å². The molecule has 100 valence electrons. The van der Waals surface area contributed by atoms with Gasteiger partial charge in [0, 0.05) is 5.92 Å². The number of halogens is 7. The van der Waals surface area contributed by atoms with Crippen molar-refractivity contribution in [3.8, 4) is 0 Å². The first kappa shape index (κ1) is 14.6. The van der Waals surface area contributed by atoms with Gasteiger partial charge in [-0.25, -0.2) is 0 Å². The molecule has 0 heterocycles. The number of benzene rings is 1. The van der Waals surface area contributed by atoms with Gasteiger partial charge in [-0.1, -0.05) is 30.1 Å². The maximum atomic E-state index is 12.8. The van der Waals surface area contributed by atoms with Crippen LogP contribution in [0.4, 0.5) is 13.2 Å². The van der Waals surface area contributed by atoms with Gasteiger partial charge in [0.25, 0.3) is 0 Å². The van der Waals surface area contributed by atoms with Crippen molar-refractivity contribution in [2.75, 3.05) is 0 Å². The van der Waals surface area contributed by atoms with E-state index in [4.69, 9.17) is 46.4 Å². The SMILES string of the molecule is CC1C(c2cc(Cl)c(Cl)c(C(F)(F)F)c2)C1(Cl)Cl. The fraction of sp³-hybridized carbons (Fsp3) is 0.455. The van der Waals surface area contributed by atoms with E-state index < -0.39 is 21.1 Å². The van der Waals surface area contributed by atoms with E-state index in [1.165, 1.54) is 6.07 Å². The van der Waals surface area contributed by atoms with Crippen LogP contribution >= 0.6 is 46.4 Å². The molecule has 1 aromatic rings. The summed E-state index contributed by atoms with van der Waals surface area (Å²) in [6.07, 6.45) is -4.56. The van der Waals surface area contributed by atoms with Gasteiger partial charge in [-0.05, 0) is 23.6 Å². The van der Waals surface area contributed by atoms with Crippen molar-refractivity contribution < 1.29 is 13.2 Å². The molecule has 1 aliphatic carbocycles. The van der Waals surface area contributed by atoms with Crippen LogP contribution in [0.25, 0.3) is 0 Å². The first-order valence-electron chi connectivity index (χ1n) is 5.00. The van der Waals surface area contributed by atoms with Gasteiger partial charge < -0.3 is 0 Å². The van der Waals surface area contributed by atoms with Crippen molar-refractivity contribution in [1.29, 1.82) is 0 Å². The lowest BCUT2D eigenvalue weighted by atomic mass is 10.1. The van der Waals surface area contributed by atoms with Crippen LogP contribution < -0.4 is 0 Å². The van der Waals surface area contributed by atoms with Gasteiger partial charge in [-0.15, -0.1) is 23.2 Å². The summed E-state index contributed by atoms with van der Waals surface area (Å²) in [5.41, 5.74) is -0.607. The molecule has 2 unspecified atom stereocenters. The Hall–Kier alpha value is 0.170. The molecule has 1 aliphatic rings. The molecule has 7 heteroatoms.